The molecule has 1 aromatic carbocycles. The fraction of sp³-hybridized carbons (Fsp3) is 0.111. The Balaban J connectivity index is 0.000000187. The van der Waals surface area contributed by atoms with Gasteiger partial charge in [-0.05, 0) is 12.1 Å². The van der Waals surface area contributed by atoms with Crippen LogP contribution in [-0.4, -0.2) is 24.8 Å². The molecule has 6 nitrogen and oxygen atoms in total. The molecule has 0 aliphatic carbocycles. The summed E-state index contributed by atoms with van der Waals surface area (Å²) in [4.78, 5) is 0. The summed E-state index contributed by atoms with van der Waals surface area (Å²) < 4.78 is 33.3. The molecule has 0 radical (unpaired) electrons. The number of fused-ring (bicyclic) bond motifs is 1. The second-order valence-corrected chi connectivity index (χ2v) is 3.76. The van der Waals surface area contributed by atoms with Gasteiger partial charge in [-0.15, -0.1) is 0 Å². The highest BCUT2D eigenvalue weighted by atomic mass is 32.3. The van der Waals surface area contributed by atoms with Crippen LogP contribution in [0.1, 0.15) is 5.56 Å². The molecule has 88 valence electrons. The summed E-state index contributed by atoms with van der Waals surface area (Å²) in [5, 5.41) is 7.06. The molecule has 1 aliphatic heterocycles. The number of ether oxygens (including phenoxy) is 1. The summed E-state index contributed by atoms with van der Waals surface area (Å²) in [6, 6.07) is 8.03. The zero-order valence-electron chi connectivity index (χ0n) is 8.11. The third-order valence-corrected chi connectivity index (χ3v) is 1.83. The summed E-state index contributed by atoms with van der Waals surface area (Å²) in [6.45, 7) is 0.705. The highest BCUT2D eigenvalue weighted by Gasteiger charge is 2.01. The molecule has 0 fully saturated rings. The van der Waals surface area contributed by atoms with Gasteiger partial charge < -0.3 is 4.74 Å². The normalized spacial score (nSPS) is 13.1. The van der Waals surface area contributed by atoms with Crippen molar-refractivity contribution in [3.8, 4) is 5.75 Å². The lowest BCUT2D eigenvalue weighted by molar-refractivity contribution is -0.139. The predicted molar refractivity (Wildman–Crippen MR) is 56.2 cm³/mol. The van der Waals surface area contributed by atoms with Crippen LogP contribution >= 0.6 is 0 Å². The lowest BCUT2D eigenvalue weighted by Gasteiger charge is -2.10. The summed E-state index contributed by atoms with van der Waals surface area (Å²) >= 11 is 0. The van der Waals surface area contributed by atoms with E-state index in [0.717, 1.165) is 5.75 Å². The molecule has 1 aromatic rings. The Hall–Kier alpha value is -1.41. The number of hydrogen-bond donors (Lipinski definition) is 2. The van der Waals surface area contributed by atoms with Crippen LogP contribution < -0.4 is 4.74 Å². The molecule has 16 heavy (non-hydrogen) atoms. The molecule has 0 spiro atoms. The molecule has 1 heterocycles. The van der Waals surface area contributed by atoms with Crippen molar-refractivity contribution < 1.29 is 27.3 Å². The van der Waals surface area contributed by atoms with Gasteiger partial charge in [-0.1, -0.05) is 28.6 Å². The van der Waals surface area contributed by atoms with E-state index in [9.17, 15) is 0 Å². The minimum absolute atomic E-state index is 0.705. The average Bonchev–Trinajstić information content (AvgIpc) is 2.29. The van der Waals surface area contributed by atoms with Crippen LogP contribution in [0.25, 0.3) is 6.08 Å². The van der Waals surface area contributed by atoms with Crippen LogP contribution in [-0.2, 0) is 14.7 Å². The second-order valence-electron chi connectivity index (χ2n) is 2.75. The van der Waals surface area contributed by atoms with Gasteiger partial charge in [0, 0.05) is 5.56 Å². The summed E-state index contributed by atoms with van der Waals surface area (Å²) in [6.07, 6.45) is 4.10. The minimum atomic E-state index is -4.61. The quantitative estimate of drug-likeness (QED) is 0.441. The van der Waals surface area contributed by atoms with Gasteiger partial charge in [0.2, 0.25) is 0 Å². The van der Waals surface area contributed by atoms with E-state index in [2.05, 4.69) is 10.4 Å². The first-order chi connectivity index (χ1) is 7.53. The lowest BCUT2D eigenvalue weighted by Crippen LogP contribution is -1.98. The smallest absolute Gasteiger partial charge is 0.423 e. The van der Waals surface area contributed by atoms with Crippen molar-refractivity contribution >= 4 is 16.5 Å². The van der Waals surface area contributed by atoms with Crippen molar-refractivity contribution in [3.63, 3.8) is 0 Å². The summed E-state index contributed by atoms with van der Waals surface area (Å²) in [5.74, 6) is 0.991. The van der Waals surface area contributed by atoms with Gasteiger partial charge in [-0.25, -0.2) is 5.26 Å². The van der Waals surface area contributed by atoms with Crippen LogP contribution in [0.3, 0.4) is 0 Å². The summed E-state index contributed by atoms with van der Waals surface area (Å²) in [5.41, 5.74) is 1.17. The van der Waals surface area contributed by atoms with Crippen molar-refractivity contribution in [3.05, 3.63) is 35.9 Å². The zero-order chi connectivity index (χ0) is 12.0. The number of para-hydroxylation sites is 1. The first-order valence-corrected chi connectivity index (χ1v) is 5.58. The maximum Gasteiger partial charge on any atom is 0.423 e. The van der Waals surface area contributed by atoms with E-state index >= 15 is 0 Å². The Morgan fingerprint density at radius 2 is 1.94 bits per heavy atom. The second kappa shape index (κ2) is 5.61. The largest absolute Gasteiger partial charge is 0.489 e. The van der Waals surface area contributed by atoms with Gasteiger partial charge in [0.05, 0.1) is 0 Å². The Morgan fingerprint density at radius 1 is 1.31 bits per heavy atom. The van der Waals surface area contributed by atoms with E-state index in [-0.39, 0.29) is 0 Å². The van der Waals surface area contributed by atoms with E-state index in [1.165, 1.54) is 5.56 Å². The molecule has 0 bridgehead atoms. The highest BCUT2D eigenvalue weighted by molar-refractivity contribution is 7.80. The maximum atomic E-state index is 9.08. The third-order valence-electron chi connectivity index (χ3n) is 1.65. The Bertz CT molecular complexity index is 465. The first-order valence-electron chi connectivity index (χ1n) is 4.22. The van der Waals surface area contributed by atoms with Crippen molar-refractivity contribution in [1.82, 2.24) is 0 Å². The zero-order valence-corrected chi connectivity index (χ0v) is 8.92. The number of hydrogen-bond acceptors (Lipinski definition) is 5. The topological polar surface area (TPSA) is 93.1 Å². The van der Waals surface area contributed by atoms with Gasteiger partial charge in [0.15, 0.2) is 0 Å². The Kier molecular flexibility index (Phi) is 4.44. The first kappa shape index (κ1) is 12.7. The fourth-order valence-electron chi connectivity index (χ4n) is 1.06. The van der Waals surface area contributed by atoms with E-state index in [1.807, 2.05) is 30.3 Å². The van der Waals surface area contributed by atoms with Crippen molar-refractivity contribution in [2.24, 2.45) is 0 Å². The number of rotatable bonds is 1. The molecule has 1 aliphatic rings. The number of benzene rings is 1. The van der Waals surface area contributed by atoms with Crippen molar-refractivity contribution in [1.29, 1.82) is 0 Å². The monoisotopic (exact) mass is 246 g/mol. The molecule has 0 amide bonds. The third kappa shape index (κ3) is 4.41. The SMILES string of the molecule is C1=Cc2ccccc2OC1.O=S(=O)(O)OO. The Morgan fingerprint density at radius 3 is 2.50 bits per heavy atom. The van der Waals surface area contributed by atoms with Gasteiger partial charge in [0.1, 0.15) is 12.4 Å². The summed E-state index contributed by atoms with van der Waals surface area (Å²) in [7, 11) is -4.61. The highest BCUT2D eigenvalue weighted by Crippen LogP contribution is 2.21. The van der Waals surface area contributed by atoms with E-state index in [4.69, 9.17) is 23.0 Å². The van der Waals surface area contributed by atoms with E-state index < -0.39 is 10.4 Å². The van der Waals surface area contributed by atoms with Crippen LogP contribution in [0, 0.1) is 0 Å². The standard InChI is InChI=1S/C9H8O.H2O5S/c1-2-6-9-8(4-1)5-3-7-10-9;1-5-6(2,3)4/h1-6H,7H2;1H,(H,2,3,4). The van der Waals surface area contributed by atoms with Crippen LogP contribution in [0.5, 0.6) is 5.75 Å². The molecule has 2 rings (SSSR count). The van der Waals surface area contributed by atoms with Crippen molar-refractivity contribution in [2.75, 3.05) is 6.61 Å². The van der Waals surface area contributed by atoms with Gasteiger partial charge in [0.25, 0.3) is 0 Å². The molecular weight excluding hydrogens is 236 g/mol. The molecule has 0 saturated heterocycles. The molecular formula is C9H10O6S. The van der Waals surface area contributed by atoms with Crippen molar-refractivity contribution in [2.45, 2.75) is 0 Å². The van der Waals surface area contributed by atoms with E-state index in [1.54, 1.807) is 0 Å². The van der Waals surface area contributed by atoms with Gasteiger partial charge in [-0.2, -0.15) is 8.42 Å². The fourth-order valence-corrected chi connectivity index (χ4v) is 1.06. The van der Waals surface area contributed by atoms with Crippen LogP contribution in [0.2, 0.25) is 0 Å². The predicted octanol–water partition coefficient (Wildman–Crippen LogP) is 1.37. The molecule has 0 saturated carbocycles. The van der Waals surface area contributed by atoms with E-state index in [0.29, 0.717) is 6.61 Å². The molecule has 7 heteroatoms. The molecule has 2 N–H and O–H groups in total. The van der Waals surface area contributed by atoms with Gasteiger partial charge >= 0.3 is 10.4 Å². The maximum absolute atomic E-state index is 9.08. The molecule has 0 aromatic heterocycles. The van der Waals surface area contributed by atoms with Crippen LogP contribution in [0.15, 0.2) is 30.3 Å². The molecule has 0 atom stereocenters. The minimum Gasteiger partial charge on any atom is -0.489 e. The lowest BCUT2D eigenvalue weighted by atomic mass is 10.1. The molecule has 0 unspecified atom stereocenters. The average molecular weight is 246 g/mol. The van der Waals surface area contributed by atoms with Gasteiger partial charge in [-0.3, -0.25) is 4.55 Å². The Labute approximate surface area is 92.6 Å². The van der Waals surface area contributed by atoms with Crippen LogP contribution in [0.4, 0.5) is 0 Å².